The third-order valence-corrected chi connectivity index (χ3v) is 4.02. The molecule has 0 fully saturated rings. The van der Waals surface area contributed by atoms with E-state index in [2.05, 4.69) is 4.72 Å². The van der Waals surface area contributed by atoms with Gasteiger partial charge in [0.2, 0.25) is 10.0 Å². The Morgan fingerprint density at radius 1 is 1.35 bits per heavy atom. The van der Waals surface area contributed by atoms with E-state index in [4.69, 9.17) is 4.74 Å². The van der Waals surface area contributed by atoms with Crippen LogP contribution < -0.4 is 4.72 Å². The van der Waals surface area contributed by atoms with Crippen molar-refractivity contribution < 1.29 is 17.5 Å². The molecule has 1 atom stereocenters. The quantitative estimate of drug-likeness (QED) is 0.799. The van der Waals surface area contributed by atoms with Crippen LogP contribution in [0.25, 0.3) is 0 Å². The van der Waals surface area contributed by atoms with Crippen LogP contribution in [0, 0.1) is 0 Å². The lowest BCUT2D eigenvalue weighted by atomic mass is 10.2. The van der Waals surface area contributed by atoms with E-state index < -0.39 is 21.9 Å². The van der Waals surface area contributed by atoms with Crippen LogP contribution in [0.4, 0.5) is 4.39 Å². The van der Waals surface area contributed by atoms with E-state index in [1.54, 1.807) is 0 Å². The van der Waals surface area contributed by atoms with Crippen LogP contribution in [-0.2, 0) is 21.4 Å². The molecule has 0 amide bonds. The summed E-state index contributed by atoms with van der Waals surface area (Å²) in [6, 6.07) is 9.30. The van der Waals surface area contributed by atoms with Gasteiger partial charge in [0.25, 0.3) is 0 Å². The molecule has 0 spiro atoms. The molecule has 6 heteroatoms. The third-order valence-electron chi connectivity index (χ3n) is 2.31. The number of ether oxygens (including phenoxy) is 1. The maximum Gasteiger partial charge on any atom is 0.219 e. The molecular formula is C11H16FNO3S. The second-order valence-corrected chi connectivity index (χ2v) is 5.69. The van der Waals surface area contributed by atoms with Crippen molar-refractivity contribution >= 4 is 10.0 Å². The lowest BCUT2D eigenvalue weighted by molar-refractivity contribution is 0.115. The standard InChI is InChI=1S/C11H16FNO3S/c1-13-17(14,15)11(7-12)9-16-8-10-5-3-2-4-6-10/h2-6,11,13H,7-9H2,1H3. The van der Waals surface area contributed by atoms with Gasteiger partial charge in [-0.15, -0.1) is 0 Å². The van der Waals surface area contributed by atoms with Crippen LogP contribution >= 0.6 is 0 Å². The molecule has 1 N–H and O–H groups in total. The predicted molar refractivity (Wildman–Crippen MR) is 63.8 cm³/mol. The van der Waals surface area contributed by atoms with Gasteiger partial charge >= 0.3 is 0 Å². The molecule has 1 unspecified atom stereocenters. The maximum absolute atomic E-state index is 12.6. The van der Waals surface area contributed by atoms with Crippen LogP contribution in [0.2, 0.25) is 0 Å². The minimum atomic E-state index is -3.61. The Bertz CT molecular complexity index is 422. The van der Waals surface area contributed by atoms with Gasteiger partial charge in [-0.2, -0.15) is 0 Å². The molecule has 1 rings (SSSR count). The van der Waals surface area contributed by atoms with Crippen molar-refractivity contribution in [3.8, 4) is 0 Å². The van der Waals surface area contributed by atoms with Gasteiger partial charge in [-0.05, 0) is 12.6 Å². The van der Waals surface area contributed by atoms with Crippen molar-refractivity contribution in [2.75, 3.05) is 20.3 Å². The molecule has 96 valence electrons. The third kappa shape index (κ3) is 4.41. The number of hydrogen-bond acceptors (Lipinski definition) is 3. The Morgan fingerprint density at radius 3 is 2.53 bits per heavy atom. The lowest BCUT2D eigenvalue weighted by Gasteiger charge is -2.13. The Labute approximate surface area is 101 Å². The number of halogens is 1. The van der Waals surface area contributed by atoms with Crippen molar-refractivity contribution in [2.24, 2.45) is 0 Å². The van der Waals surface area contributed by atoms with E-state index in [1.807, 2.05) is 30.3 Å². The number of rotatable bonds is 7. The molecule has 4 nitrogen and oxygen atoms in total. The molecule has 0 aliphatic heterocycles. The molecule has 0 heterocycles. The summed E-state index contributed by atoms with van der Waals surface area (Å²) < 4.78 is 42.5. The fourth-order valence-electron chi connectivity index (χ4n) is 1.27. The first-order valence-electron chi connectivity index (χ1n) is 5.20. The van der Waals surface area contributed by atoms with E-state index in [0.717, 1.165) is 5.56 Å². The minimum Gasteiger partial charge on any atom is -0.375 e. The summed E-state index contributed by atoms with van der Waals surface area (Å²) in [5.74, 6) is 0. The van der Waals surface area contributed by atoms with Crippen molar-refractivity contribution in [1.29, 1.82) is 0 Å². The molecular weight excluding hydrogens is 245 g/mol. The first-order chi connectivity index (χ1) is 8.10. The topological polar surface area (TPSA) is 55.4 Å². The molecule has 1 aromatic carbocycles. The summed E-state index contributed by atoms with van der Waals surface area (Å²) in [4.78, 5) is 0. The van der Waals surface area contributed by atoms with Crippen LogP contribution in [-0.4, -0.2) is 34.0 Å². The molecule has 1 aromatic rings. The molecule has 0 aliphatic carbocycles. The molecule has 0 aliphatic rings. The highest BCUT2D eigenvalue weighted by Crippen LogP contribution is 2.05. The highest BCUT2D eigenvalue weighted by atomic mass is 32.2. The summed E-state index contributed by atoms with van der Waals surface area (Å²) in [5, 5.41) is -1.16. The summed E-state index contributed by atoms with van der Waals surface area (Å²) in [6.45, 7) is -0.844. The fourth-order valence-corrected chi connectivity index (χ4v) is 2.04. The van der Waals surface area contributed by atoms with Gasteiger partial charge < -0.3 is 4.74 Å². The van der Waals surface area contributed by atoms with Gasteiger partial charge in [0, 0.05) is 0 Å². The van der Waals surface area contributed by atoms with E-state index in [1.165, 1.54) is 7.05 Å². The van der Waals surface area contributed by atoms with Gasteiger partial charge in [0.1, 0.15) is 11.9 Å². The Balaban J connectivity index is 2.45. The molecule has 0 radical (unpaired) electrons. The summed E-state index contributed by atoms with van der Waals surface area (Å²) in [5.41, 5.74) is 0.923. The van der Waals surface area contributed by atoms with Crippen LogP contribution in [0.1, 0.15) is 5.56 Å². The summed E-state index contributed by atoms with van der Waals surface area (Å²) >= 11 is 0. The predicted octanol–water partition coefficient (Wildman–Crippen LogP) is 1.09. The van der Waals surface area contributed by atoms with E-state index in [0.29, 0.717) is 0 Å². The number of hydrogen-bond donors (Lipinski definition) is 1. The van der Waals surface area contributed by atoms with Crippen molar-refractivity contribution in [2.45, 2.75) is 11.9 Å². The van der Waals surface area contributed by atoms with E-state index >= 15 is 0 Å². The fraction of sp³-hybridized carbons (Fsp3) is 0.455. The molecule has 17 heavy (non-hydrogen) atoms. The first kappa shape index (κ1) is 14.1. The Morgan fingerprint density at radius 2 is 2.00 bits per heavy atom. The Hall–Kier alpha value is -0.980. The Kier molecular flexibility index (Phi) is 5.54. The molecule has 0 aromatic heterocycles. The lowest BCUT2D eigenvalue weighted by Crippen LogP contribution is -2.36. The van der Waals surface area contributed by atoms with Crippen molar-refractivity contribution in [3.63, 3.8) is 0 Å². The molecule has 0 saturated carbocycles. The minimum absolute atomic E-state index is 0.158. The smallest absolute Gasteiger partial charge is 0.219 e. The van der Waals surface area contributed by atoms with E-state index in [9.17, 15) is 12.8 Å². The largest absolute Gasteiger partial charge is 0.375 e. The van der Waals surface area contributed by atoms with Gasteiger partial charge in [-0.25, -0.2) is 17.5 Å². The molecule has 0 bridgehead atoms. The number of nitrogens with one attached hydrogen (secondary N) is 1. The van der Waals surface area contributed by atoms with Gasteiger partial charge in [0.15, 0.2) is 0 Å². The highest BCUT2D eigenvalue weighted by Gasteiger charge is 2.23. The maximum atomic E-state index is 12.6. The zero-order chi connectivity index (χ0) is 12.7. The normalized spacial score (nSPS) is 13.5. The average molecular weight is 261 g/mol. The molecule has 0 saturated heterocycles. The van der Waals surface area contributed by atoms with Crippen LogP contribution in [0.15, 0.2) is 30.3 Å². The monoisotopic (exact) mass is 261 g/mol. The number of benzene rings is 1. The second-order valence-electron chi connectivity index (χ2n) is 3.53. The highest BCUT2D eigenvalue weighted by molar-refractivity contribution is 7.90. The van der Waals surface area contributed by atoms with Crippen molar-refractivity contribution in [1.82, 2.24) is 4.72 Å². The first-order valence-corrected chi connectivity index (χ1v) is 6.74. The average Bonchev–Trinajstić information content (AvgIpc) is 2.35. The summed E-state index contributed by atoms with van der Waals surface area (Å²) in [7, 11) is -2.36. The van der Waals surface area contributed by atoms with Crippen LogP contribution in [0.3, 0.4) is 0 Å². The van der Waals surface area contributed by atoms with Crippen molar-refractivity contribution in [3.05, 3.63) is 35.9 Å². The summed E-state index contributed by atoms with van der Waals surface area (Å²) in [6.07, 6.45) is 0. The number of alkyl halides is 1. The zero-order valence-corrected chi connectivity index (χ0v) is 10.4. The van der Waals surface area contributed by atoms with Crippen LogP contribution in [0.5, 0.6) is 0 Å². The second kappa shape index (κ2) is 6.68. The van der Waals surface area contributed by atoms with Gasteiger partial charge in [0.05, 0.1) is 13.2 Å². The van der Waals surface area contributed by atoms with Gasteiger partial charge in [-0.3, -0.25) is 0 Å². The zero-order valence-electron chi connectivity index (χ0n) is 9.60. The van der Waals surface area contributed by atoms with Gasteiger partial charge in [-0.1, -0.05) is 30.3 Å². The SMILES string of the molecule is CNS(=O)(=O)C(CF)COCc1ccccc1. The van der Waals surface area contributed by atoms with E-state index in [-0.39, 0.29) is 13.2 Å². The number of sulfonamides is 1.